The van der Waals surface area contributed by atoms with Crippen molar-refractivity contribution in [2.75, 3.05) is 0 Å². The quantitative estimate of drug-likeness (QED) is 0.458. The van der Waals surface area contributed by atoms with E-state index in [2.05, 4.69) is 28.9 Å². The number of Topliss-reactive ketones (excluding diaryl/α,β-unsaturated/α-hetero) is 1. The highest BCUT2D eigenvalue weighted by Gasteiger charge is 2.48. The molecule has 0 bridgehead atoms. The Bertz CT molecular complexity index is 1280. The second-order valence-corrected chi connectivity index (χ2v) is 11.0. The molecule has 35 heavy (non-hydrogen) atoms. The van der Waals surface area contributed by atoms with Crippen LogP contribution in [-0.4, -0.2) is 21.0 Å². The lowest BCUT2D eigenvalue weighted by atomic mass is 9.75. The standard InChI is InChI=1S/C31H34N2O2/c34-28(24-18-23-6-4-5-9-27(23)29(35)19-24)12-11-26-21-33-20-22(10-13-30(33)32-26)14-15-31(16-17-31)25-7-2-1-3-8-25/h4-6,9-10,13,18-21,25,27H,1-3,7-8,11-12,14-17H2. The monoisotopic (exact) mass is 466 g/mol. The second kappa shape index (κ2) is 9.22. The molecule has 1 atom stereocenters. The Morgan fingerprint density at radius 3 is 2.71 bits per heavy atom. The molecule has 1 unspecified atom stereocenters. The molecule has 0 aliphatic heterocycles. The van der Waals surface area contributed by atoms with Gasteiger partial charge in [-0.2, -0.15) is 0 Å². The fourth-order valence-corrected chi connectivity index (χ4v) is 6.45. The van der Waals surface area contributed by atoms with Crippen molar-refractivity contribution in [1.82, 2.24) is 9.38 Å². The maximum Gasteiger partial charge on any atom is 0.167 e. The van der Waals surface area contributed by atoms with Crippen molar-refractivity contribution in [3.8, 4) is 0 Å². The maximum atomic E-state index is 12.8. The van der Waals surface area contributed by atoms with E-state index in [0.717, 1.165) is 29.3 Å². The zero-order valence-corrected chi connectivity index (χ0v) is 20.4. The number of pyridine rings is 1. The first-order valence-corrected chi connectivity index (χ1v) is 13.4. The number of hydrogen-bond donors (Lipinski definition) is 0. The van der Waals surface area contributed by atoms with Gasteiger partial charge in [0.25, 0.3) is 0 Å². The van der Waals surface area contributed by atoms with Gasteiger partial charge in [0, 0.05) is 24.4 Å². The van der Waals surface area contributed by atoms with E-state index in [9.17, 15) is 9.59 Å². The topological polar surface area (TPSA) is 51.4 Å². The number of aromatic nitrogens is 2. The molecule has 0 saturated heterocycles. The maximum absolute atomic E-state index is 12.8. The van der Waals surface area contributed by atoms with Crippen molar-refractivity contribution in [3.63, 3.8) is 0 Å². The van der Waals surface area contributed by atoms with Gasteiger partial charge in [0.15, 0.2) is 11.6 Å². The number of aryl methyl sites for hydroxylation is 2. The SMILES string of the molecule is O=C(CCc1cn2cc(CCC3(C4CCCCC4)CC3)ccc2n1)C1=CC(=O)C2C=CC=CC2=C1. The summed E-state index contributed by atoms with van der Waals surface area (Å²) in [5.41, 5.74) is 5.27. The van der Waals surface area contributed by atoms with Crippen LogP contribution in [0.5, 0.6) is 0 Å². The Morgan fingerprint density at radius 1 is 1.03 bits per heavy atom. The third-order valence-corrected chi connectivity index (χ3v) is 8.76. The number of carbonyl (C=O) groups is 2. The Kier molecular flexibility index (Phi) is 5.91. The van der Waals surface area contributed by atoms with Crippen molar-refractivity contribution in [1.29, 1.82) is 0 Å². The van der Waals surface area contributed by atoms with Crippen molar-refractivity contribution < 1.29 is 9.59 Å². The van der Waals surface area contributed by atoms with Gasteiger partial charge in [0.05, 0.1) is 11.6 Å². The molecule has 2 fully saturated rings. The molecule has 0 amide bonds. The first-order valence-electron chi connectivity index (χ1n) is 13.4. The van der Waals surface area contributed by atoms with Gasteiger partial charge in [-0.25, -0.2) is 4.98 Å². The van der Waals surface area contributed by atoms with Crippen LogP contribution in [0.3, 0.4) is 0 Å². The lowest BCUT2D eigenvalue weighted by Gasteiger charge is -2.30. The van der Waals surface area contributed by atoms with E-state index in [0.29, 0.717) is 23.8 Å². The van der Waals surface area contributed by atoms with E-state index in [-0.39, 0.29) is 17.5 Å². The molecule has 0 aromatic carbocycles. The number of fused-ring (bicyclic) bond motifs is 2. The predicted octanol–water partition coefficient (Wildman–Crippen LogP) is 6.31. The third kappa shape index (κ3) is 4.63. The molecule has 2 aromatic rings. The second-order valence-electron chi connectivity index (χ2n) is 11.0. The van der Waals surface area contributed by atoms with Crippen LogP contribution in [0.25, 0.3) is 5.65 Å². The molecule has 0 radical (unpaired) electrons. The number of nitrogens with zero attached hydrogens (tertiary/aromatic N) is 2. The molecule has 2 aromatic heterocycles. The third-order valence-electron chi connectivity index (χ3n) is 8.76. The van der Waals surface area contributed by atoms with Crippen LogP contribution in [0, 0.1) is 17.3 Å². The fourth-order valence-electron chi connectivity index (χ4n) is 6.45. The summed E-state index contributed by atoms with van der Waals surface area (Å²) in [7, 11) is 0. The molecule has 0 spiro atoms. The Labute approximate surface area is 207 Å². The highest BCUT2D eigenvalue weighted by atomic mass is 16.1. The van der Waals surface area contributed by atoms with E-state index < -0.39 is 0 Å². The summed E-state index contributed by atoms with van der Waals surface area (Å²) in [6.45, 7) is 0. The molecule has 4 aliphatic carbocycles. The van der Waals surface area contributed by atoms with Gasteiger partial charge in [-0.05, 0) is 85.6 Å². The molecule has 2 heterocycles. The average molecular weight is 467 g/mol. The summed E-state index contributed by atoms with van der Waals surface area (Å²) >= 11 is 0. The van der Waals surface area contributed by atoms with Gasteiger partial charge in [-0.15, -0.1) is 0 Å². The number of carbonyl (C=O) groups excluding carboxylic acids is 2. The largest absolute Gasteiger partial charge is 0.307 e. The summed E-state index contributed by atoms with van der Waals surface area (Å²) in [5, 5.41) is 0. The number of imidazole rings is 1. The van der Waals surface area contributed by atoms with Gasteiger partial charge in [0.1, 0.15) is 5.65 Å². The Morgan fingerprint density at radius 2 is 1.89 bits per heavy atom. The number of allylic oxidation sites excluding steroid dienone is 8. The number of ketones is 2. The summed E-state index contributed by atoms with van der Waals surface area (Å²) in [6.07, 6.45) is 28.7. The van der Waals surface area contributed by atoms with Gasteiger partial charge >= 0.3 is 0 Å². The van der Waals surface area contributed by atoms with Crippen LogP contribution in [0.4, 0.5) is 0 Å². The Hall–Kier alpha value is -3.01. The van der Waals surface area contributed by atoms with Crippen LogP contribution in [0.2, 0.25) is 0 Å². The Balaban J connectivity index is 1.08. The number of rotatable bonds is 8. The van der Waals surface area contributed by atoms with Crippen LogP contribution in [-0.2, 0) is 22.4 Å². The van der Waals surface area contributed by atoms with Crippen LogP contribution in [0.1, 0.15) is 69.0 Å². The van der Waals surface area contributed by atoms with E-state index in [1.165, 1.54) is 63.0 Å². The van der Waals surface area contributed by atoms with Gasteiger partial charge in [0.2, 0.25) is 0 Å². The highest BCUT2D eigenvalue weighted by Crippen LogP contribution is 2.59. The van der Waals surface area contributed by atoms with Crippen molar-refractivity contribution in [3.05, 3.63) is 83.4 Å². The minimum atomic E-state index is -0.235. The van der Waals surface area contributed by atoms with E-state index in [1.54, 1.807) is 0 Å². The fraction of sp³-hybridized carbons (Fsp3) is 0.452. The van der Waals surface area contributed by atoms with E-state index >= 15 is 0 Å². The van der Waals surface area contributed by atoms with Crippen molar-refractivity contribution in [2.24, 2.45) is 17.3 Å². The van der Waals surface area contributed by atoms with Gasteiger partial charge in [-0.3, -0.25) is 9.59 Å². The van der Waals surface area contributed by atoms with Crippen molar-refractivity contribution in [2.45, 2.75) is 70.6 Å². The zero-order chi connectivity index (χ0) is 23.8. The minimum Gasteiger partial charge on any atom is -0.307 e. The van der Waals surface area contributed by atoms with E-state index in [1.807, 2.05) is 30.4 Å². The molecule has 0 N–H and O–H groups in total. The smallest absolute Gasteiger partial charge is 0.167 e. The minimum absolute atomic E-state index is 0.00226. The molecule has 4 aliphatic rings. The van der Waals surface area contributed by atoms with Crippen LogP contribution >= 0.6 is 0 Å². The lowest BCUT2D eigenvalue weighted by molar-refractivity contribution is -0.118. The molecule has 6 rings (SSSR count). The van der Waals surface area contributed by atoms with Crippen molar-refractivity contribution >= 4 is 17.2 Å². The zero-order valence-electron chi connectivity index (χ0n) is 20.4. The van der Waals surface area contributed by atoms with E-state index in [4.69, 9.17) is 4.98 Å². The van der Waals surface area contributed by atoms with Gasteiger partial charge in [-0.1, -0.05) is 49.6 Å². The summed E-state index contributed by atoms with van der Waals surface area (Å²) in [4.78, 5) is 30.0. The summed E-state index contributed by atoms with van der Waals surface area (Å²) < 4.78 is 2.12. The lowest BCUT2D eigenvalue weighted by Crippen LogP contribution is -2.20. The predicted molar refractivity (Wildman–Crippen MR) is 138 cm³/mol. The first kappa shape index (κ1) is 22.5. The summed E-state index contributed by atoms with van der Waals surface area (Å²) in [5.74, 6) is 0.714. The molecule has 2 saturated carbocycles. The molecule has 4 nitrogen and oxygen atoms in total. The molecule has 4 heteroatoms. The highest BCUT2D eigenvalue weighted by molar-refractivity contribution is 6.09. The average Bonchev–Trinajstić information content (AvgIpc) is 3.58. The van der Waals surface area contributed by atoms with Crippen LogP contribution < -0.4 is 0 Å². The normalized spacial score (nSPS) is 23.2. The summed E-state index contributed by atoms with van der Waals surface area (Å²) in [6, 6.07) is 4.33. The number of hydrogen-bond acceptors (Lipinski definition) is 3. The van der Waals surface area contributed by atoms with Gasteiger partial charge < -0.3 is 4.40 Å². The molecule has 180 valence electrons. The first-order chi connectivity index (χ1) is 17.1. The molecular formula is C31H34N2O2. The van der Waals surface area contributed by atoms with Crippen LogP contribution in [0.15, 0.2) is 72.1 Å². The molecular weight excluding hydrogens is 432 g/mol.